The minimum Gasteiger partial charge on any atom is -0.469 e. The highest BCUT2D eigenvalue weighted by molar-refractivity contribution is 7.86. The number of methoxy groups -OCH3 is 1. The summed E-state index contributed by atoms with van der Waals surface area (Å²) in [6.45, 7) is 9.68. The number of aryl methyl sites for hydroxylation is 1. The maximum absolute atomic E-state index is 13.7. The molecule has 3 aliphatic rings. The Kier molecular flexibility index (Phi) is 16.7. The molecule has 0 N–H and O–H groups in total. The SMILES string of the molecule is COC(=O)CCCC=CC[C@@H]1[C@@H](C=C[C@@H](OC2CCCCO2)C(C)CC=C(C)C)[C@H](OC2CCCCO2)C[C@@H]1OS(=O)(=O)c1ccc(C)cc1. The smallest absolute Gasteiger partial charge is 0.305 e. The second-order valence-electron chi connectivity index (χ2n) is 14.3. The van der Waals surface area contributed by atoms with E-state index in [9.17, 15) is 13.2 Å². The van der Waals surface area contributed by atoms with E-state index in [4.69, 9.17) is 27.9 Å². The molecular weight excluding hydrogens is 656 g/mol. The van der Waals surface area contributed by atoms with Crippen LogP contribution in [0.3, 0.4) is 0 Å². The van der Waals surface area contributed by atoms with Crippen LogP contribution in [0.5, 0.6) is 0 Å². The highest BCUT2D eigenvalue weighted by Crippen LogP contribution is 2.42. The molecular formula is C40H60O9S. The fourth-order valence-electron chi connectivity index (χ4n) is 6.85. The highest BCUT2D eigenvalue weighted by Gasteiger charge is 2.46. The summed E-state index contributed by atoms with van der Waals surface area (Å²) in [6, 6.07) is 6.76. The van der Waals surface area contributed by atoms with Crippen LogP contribution in [0.4, 0.5) is 0 Å². The van der Waals surface area contributed by atoms with Crippen molar-refractivity contribution in [2.45, 2.75) is 141 Å². The van der Waals surface area contributed by atoms with E-state index in [1.54, 1.807) is 24.3 Å². The van der Waals surface area contributed by atoms with Crippen molar-refractivity contribution in [2.24, 2.45) is 17.8 Å². The van der Waals surface area contributed by atoms with E-state index in [0.29, 0.717) is 45.3 Å². The van der Waals surface area contributed by atoms with Gasteiger partial charge in [-0.25, -0.2) is 0 Å². The number of unbranched alkanes of at least 4 members (excludes halogenated alkanes) is 1. The molecule has 2 aliphatic heterocycles. The van der Waals surface area contributed by atoms with Gasteiger partial charge in [-0.1, -0.05) is 60.6 Å². The summed E-state index contributed by atoms with van der Waals surface area (Å²) in [7, 11) is -2.64. The van der Waals surface area contributed by atoms with E-state index in [1.165, 1.54) is 12.7 Å². The number of esters is 1. The standard InChI is InChI=1S/C40H60O9S/c1-29(2)18-21-31(4)35(47-39-16-10-12-26-45-39)25-24-34-33(14-8-6-7-9-15-38(41)44-5)37(28-36(34)48-40-17-11-13-27-46-40)49-50(42,43)32-22-19-30(3)20-23-32/h6,8,18-20,22-25,31,33-37,39-40H,7,9-17,21,26-28H2,1-5H3/t31?,33-,34-,35-,36-,37+,39?,40?/m1/s1. The molecule has 1 saturated carbocycles. The van der Waals surface area contributed by atoms with Crippen LogP contribution in [0.15, 0.2) is 65.1 Å². The van der Waals surface area contributed by atoms with Gasteiger partial charge in [0, 0.05) is 32.0 Å². The van der Waals surface area contributed by atoms with Crippen LogP contribution >= 0.6 is 0 Å². The van der Waals surface area contributed by atoms with Crippen molar-refractivity contribution in [2.75, 3.05) is 20.3 Å². The third-order valence-corrected chi connectivity index (χ3v) is 11.2. The molecule has 1 aliphatic carbocycles. The summed E-state index contributed by atoms with van der Waals surface area (Å²) in [5.74, 6) is -0.395. The maximum atomic E-state index is 13.7. The largest absolute Gasteiger partial charge is 0.469 e. The highest BCUT2D eigenvalue weighted by atomic mass is 32.2. The van der Waals surface area contributed by atoms with Crippen LogP contribution in [0.1, 0.15) is 103 Å². The van der Waals surface area contributed by atoms with Gasteiger partial charge in [-0.2, -0.15) is 8.42 Å². The summed E-state index contributed by atoms with van der Waals surface area (Å²) in [5, 5.41) is 0. The lowest BCUT2D eigenvalue weighted by Crippen LogP contribution is -2.32. The summed E-state index contributed by atoms with van der Waals surface area (Å²) >= 11 is 0. The van der Waals surface area contributed by atoms with Gasteiger partial charge in [0.2, 0.25) is 0 Å². The van der Waals surface area contributed by atoms with Crippen molar-refractivity contribution in [3.8, 4) is 0 Å². The van der Waals surface area contributed by atoms with Gasteiger partial charge in [0.05, 0.1) is 30.3 Å². The quantitative estimate of drug-likeness (QED) is 0.0641. The van der Waals surface area contributed by atoms with E-state index in [1.807, 2.05) is 6.92 Å². The van der Waals surface area contributed by atoms with Gasteiger partial charge in [-0.15, -0.1) is 0 Å². The Morgan fingerprint density at radius 3 is 2.32 bits per heavy atom. The first-order valence-electron chi connectivity index (χ1n) is 18.6. The van der Waals surface area contributed by atoms with Crippen LogP contribution in [-0.4, -0.2) is 65.6 Å². The van der Waals surface area contributed by atoms with Gasteiger partial charge in [0.15, 0.2) is 12.6 Å². The normalized spacial score (nSPS) is 27.4. The van der Waals surface area contributed by atoms with E-state index in [0.717, 1.165) is 50.5 Å². The Hall–Kier alpha value is -2.34. The summed E-state index contributed by atoms with van der Waals surface area (Å²) in [5.41, 5.74) is 2.24. The van der Waals surface area contributed by atoms with Crippen molar-refractivity contribution in [3.63, 3.8) is 0 Å². The summed E-state index contributed by atoms with van der Waals surface area (Å²) in [4.78, 5) is 11.7. The number of allylic oxidation sites excluding steroid dienone is 4. The van der Waals surface area contributed by atoms with Crippen LogP contribution in [0.2, 0.25) is 0 Å². The molecule has 0 radical (unpaired) electrons. The Morgan fingerprint density at radius 1 is 0.980 bits per heavy atom. The predicted molar refractivity (Wildman–Crippen MR) is 194 cm³/mol. The van der Waals surface area contributed by atoms with Crippen LogP contribution < -0.4 is 0 Å². The Morgan fingerprint density at radius 2 is 1.68 bits per heavy atom. The molecule has 10 heteroatoms. The van der Waals surface area contributed by atoms with Gasteiger partial charge in [-0.05, 0) is 109 Å². The number of carbonyl (C=O) groups is 1. The fourth-order valence-corrected chi connectivity index (χ4v) is 7.97. The van der Waals surface area contributed by atoms with E-state index < -0.39 is 16.2 Å². The Balaban J connectivity index is 1.63. The number of benzene rings is 1. The van der Waals surface area contributed by atoms with Crippen LogP contribution in [-0.2, 0) is 42.8 Å². The minimum atomic E-state index is -4.04. The van der Waals surface area contributed by atoms with E-state index in [2.05, 4.69) is 51.2 Å². The second-order valence-corrected chi connectivity index (χ2v) is 15.9. The Labute approximate surface area is 300 Å². The van der Waals surface area contributed by atoms with E-state index in [-0.39, 0.29) is 53.4 Å². The lowest BCUT2D eigenvalue weighted by atomic mass is 9.88. The molecule has 1 aromatic carbocycles. The molecule has 3 unspecified atom stereocenters. The third kappa shape index (κ3) is 13.0. The van der Waals surface area contributed by atoms with Crippen molar-refractivity contribution in [3.05, 3.63) is 65.8 Å². The Bertz CT molecular complexity index is 1350. The average Bonchev–Trinajstić information content (AvgIpc) is 3.41. The number of rotatable bonds is 18. The first-order chi connectivity index (χ1) is 24.1. The molecule has 3 fully saturated rings. The third-order valence-electron chi connectivity index (χ3n) is 9.87. The average molecular weight is 717 g/mol. The van der Waals surface area contributed by atoms with Crippen molar-refractivity contribution in [1.29, 1.82) is 0 Å². The van der Waals surface area contributed by atoms with Gasteiger partial charge < -0.3 is 23.7 Å². The van der Waals surface area contributed by atoms with Gasteiger partial charge in [0.1, 0.15) is 0 Å². The fraction of sp³-hybridized carbons (Fsp3) is 0.675. The molecule has 280 valence electrons. The lowest BCUT2D eigenvalue weighted by molar-refractivity contribution is -0.193. The van der Waals surface area contributed by atoms with Gasteiger partial charge >= 0.3 is 5.97 Å². The van der Waals surface area contributed by atoms with Crippen molar-refractivity contribution >= 4 is 16.1 Å². The zero-order valence-electron chi connectivity index (χ0n) is 30.8. The van der Waals surface area contributed by atoms with Gasteiger partial charge in [0.25, 0.3) is 10.1 Å². The molecule has 0 aromatic heterocycles. The van der Waals surface area contributed by atoms with Crippen LogP contribution in [0, 0.1) is 24.7 Å². The van der Waals surface area contributed by atoms with Crippen molar-refractivity contribution < 1.29 is 41.1 Å². The lowest BCUT2D eigenvalue weighted by Gasteiger charge is -2.31. The van der Waals surface area contributed by atoms with Crippen LogP contribution in [0.25, 0.3) is 0 Å². The van der Waals surface area contributed by atoms with E-state index >= 15 is 0 Å². The first-order valence-corrected chi connectivity index (χ1v) is 20.0. The monoisotopic (exact) mass is 716 g/mol. The number of hydrogen-bond donors (Lipinski definition) is 0. The van der Waals surface area contributed by atoms with Crippen molar-refractivity contribution in [1.82, 2.24) is 0 Å². The minimum absolute atomic E-state index is 0.140. The zero-order valence-corrected chi connectivity index (χ0v) is 31.6. The first kappa shape index (κ1) is 40.4. The zero-order chi connectivity index (χ0) is 35.9. The second kappa shape index (κ2) is 20.6. The molecule has 2 saturated heterocycles. The molecule has 8 atom stereocenters. The molecule has 0 spiro atoms. The number of ether oxygens (including phenoxy) is 5. The van der Waals surface area contributed by atoms with Gasteiger partial charge in [-0.3, -0.25) is 8.98 Å². The summed E-state index contributed by atoms with van der Waals surface area (Å²) < 4.78 is 63.5. The predicted octanol–water partition coefficient (Wildman–Crippen LogP) is 8.37. The summed E-state index contributed by atoms with van der Waals surface area (Å²) in [6.07, 6.45) is 18.4. The molecule has 50 heavy (non-hydrogen) atoms. The molecule has 0 amide bonds. The molecule has 1 aromatic rings. The maximum Gasteiger partial charge on any atom is 0.305 e. The topological polar surface area (TPSA) is 107 Å². The molecule has 9 nitrogen and oxygen atoms in total. The molecule has 4 rings (SSSR count). The number of hydrogen-bond acceptors (Lipinski definition) is 9. The number of carbonyl (C=O) groups excluding carboxylic acids is 1. The molecule has 0 bridgehead atoms. The molecule has 2 heterocycles.